The second-order valence-electron chi connectivity index (χ2n) is 4.37. The molecule has 16 heavy (non-hydrogen) atoms. The van der Waals surface area contributed by atoms with Gasteiger partial charge in [0, 0.05) is 6.54 Å². The highest BCUT2D eigenvalue weighted by Gasteiger charge is 2.22. The summed E-state index contributed by atoms with van der Waals surface area (Å²) in [5.74, 6) is 3.72. The summed E-state index contributed by atoms with van der Waals surface area (Å²) in [5, 5.41) is 8.91. The van der Waals surface area contributed by atoms with Crippen molar-refractivity contribution >= 4 is 11.8 Å². The standard InChI is InChI=1S/C12H19NO2S/c1-16-9-10-4-5-13(6-10)7-11-2-3-12(8-14)15-11/h2-3,10,14H,4-9H2,1H3. The Hall–Kier alpha value is -0.450. The fraction of sp³-hybridized carbons (Fsp3) is 0.667. The van der Waals surface area contributed by atoms with Crippen LogP contribution in [0.4, 0.5) is 0 Å². The van der Waals surface area contributed by atoms with E-state index in [2.05, 4.69) is 11.2 Å². The highest BCUT2D eigenvalue weighted by Crippen LogP contribution is 2.22. The summed E-state index contributed by atoms with van der Waals surface area (Å²) in [7, 11) is 0. The van der Waals surface area contributed by atoms with Gasteiger partial charge in [0.1, 0.15) is 18.1 Å². The quantitative estimate of drug-likeness (QED) is 0.855. The van der Waals surface area contributed by atoms with Crippen LogP contribution in [0.5, 0.6) is 0 Å². The maximum atomic E-state index is 8.91. The van der Waals surface area contributed by atoms with Crippen molar-refractivity contribution in [3.05, 3.63) is 23.7 Å². The van der Waals surface area contributed by atoms with Gasteiger partial charge in [0.15, 0.2) is 0 Å². The molecule has 1 aromatic rings. The molecule has 1 N–H and O–H groups in total. The lowest BCUT2D eigenvalue weighted by Crippen LogP contribution is -2.20. The molecule has 2 rings (SSSR count). The van der Waals surface area contributed by atoms with Crippen LogP contribution < -0.4 is 0 Å². The van der Waals surface area contributed by atoms with E-state index in [1.165, 1.54) is 25.3 Å². The van der Waals surface area contributed by atoms with Crippen LogP contribution in [0, 0.1) is 5.92 Å². The first-order valence-electron chi connectivity index (χ1n) is 5.71. The van der Waals surface area contributed by atoms with Gasteiger partial charge >= 0.3 is 0 Å². The van der Waals surface area contributed by atoms with Crippen molar-refractivity contribution in [3.63, 3.8) is 0 Å². The topological polar surface area (TPSA) is 36.6 Å². The predicted molar refractivity (Wildman–Crippen MR) is 66.4 cm³/mol. The van der Waals surface area contributed by atoms with Crippen molar-refractivity contribution in [2.24, 2.45) is 5.92 Å². The predicted octanol–water partition coefficient (Wildman–Crippen LogP) is 1.96. The van der Waals surface area contributed by atoms with Gasteiger partial charge in [0.25, 0.3) is 0 Å². The fourth-order valence-electron chi connectivity index (χ4n) is 2.24. The SMILES string of the molecule is CSCC1CCN(Cc2ccc(CO)o2)C1. The van der Waals surface area contributed by atoms with Crippen molar-refractivity contribution < 1.29 is 9.52 Å². The molecular formula is C12H19NO2S. The van der Waals surface area contributed by atoms with Crippen LogP contribution in [0.25, 0.3) is 0 Å². The average molecular weight is 241 g/mol. The molecule has 0 aliphatic carbocycles. The van der Waals surface area contributed by atoms with Crippen molar-refractivity contribution in [1.82, 2.24) is 4.90 Å². The monoisotopic (exact) mass is 241 g/mol. The van der Waals surface area contributed by atoms with E-state index in [1.807, 2.05) is 23.9 Å². The van der Waals surface area contributed by atoms with Crippen molar-refractivity contribution in [2.45, 2.75) is 19.6 Å². The maximum Gasteiger partial charge on any atom is 0.129 e. The van der Waals surface area contributed by atoms with E-state index in [4.69, 9.17) is 9.52 Å². The van der Waals surface area contributed by atoms with Crippen LogP contribution in [-0.2, 0) is 13.2 Å². The van der Waals surface area contributed by atoms with Gasteiger partial charge in [-0.1, -0.05) is 0 Å². The van der Waals surface area contributed by atoms with Gasteiger partial charge in [-0.3, -0.25) is 4.90 Å². The maximum absolute atomic E-state index is 8.91. The highest BCUT2D eigenvalue weighted by atomic mass is 32.2. The minimum absolute atomic E-state index is 0.00486. The third-order valence-corrected chi connectivity index (χ3v) is 3.83. The smallest absolute Gasteiger partial charge is 0.129 e. The van der Waals surface area contributed by atoms with E-state index in [0.717, 1.165) is 18.2 Å². The number of hydrogen-bond acceptors (Lipinski definition) is 4. The first kappa shape index (κ1) is 12.0. The zero-order valence-electron chi connectivity index (χ0n) is 9.69. The molecule has 1 atom stereocenters. The van der Waals surface area contributed by atoms with E-state index in [0.29, 0.717) is 5.76 Å². The Morgan fingerprint density at radius 1 is 1.50 bits per heavy atom. The third kappa shape index (κ3) is 3.03. The van der Waals surface area contributed by atoms with Crippen LogP contribution in [0.3, 0.4) is 0 Å². The summed E-state index contributed by atoms with van der Waals surface area (Å²) >= 11 is 1.93. The second kappa shape index (κ2) is 5.75. The first-order valence-corrected chi connectivity index (χ1v) is 7.11. The minimum atomic E-state index is -0.00486. The molecule has 0 amide bonds. The molecule has 1 aliphatic rings. The summed E-state index contributed by atoms with van der Waals surface area (Å²) in [6.07, 6.45) is 3.47. The number of nitrogens with zero attached hydrogens (tertiary/aromatic N) is 1. The molecule has 1 saturated heterocycles. The third-order valence-electron chi connectivity index (χ3n) is 3.02. The van der Waals surface area contributed by atoms with E-state index in [-0.39, 0.29) is 6.61 Å². The molecule has 1 fully saturated rings. The van der Waals surface area contributed by atoms with Gasteiger partial charge < -0.3 is 9.52 Å². The van der Waals surface area contributed by atoms with Crippen LogP contribution in [0.15, 0.2) is 16.5 Å². The van der Waals surface area contributed by atoms with Crippen LogP contribution in [-0.4, -0.2) is 35.1 Å². The van der Waals surface area contributed by atoms with Crippen LogP contribution in [0.2, 0.25) is 0 Å². The van der Waals surface area contributed by atoms with Crippen LogP contribution >= 0.6 is 11.8 Å². The Kier molecular flexibility index (Phi) is 4.32. The Labute approximate surface area is 101 Å². The molecule has 90 valence electrons. The molecule has 1 aromatic heterocycles. The molecule has 1 aliphatic heterocycles. The molecular weight excluding hydrogens is 222 g/mol. The fourth-order valence-corrected chi connectivity index (χ4v) is 2.98. The largest absolute Gasteiger partial charge is 0.462 e. The van der Waals surface area contributed by atoms with Crippen molar-refractivity contribution in [3.8, 4) is 0 Å². The number of thioether (sulfide) groups is 1. The molecule has 4 heteroatoms. The summed E-state index contributed by atoms with van der Waals surface area (Å²) in [6, 6.07) is 3.82. The van der Waals surface area contributed by atoms with E-state index in [9.17, 15) is 0 Å². The number of hydrogen-bond donors (Lipinski definition) is 1. The summed E-state index contributed by atoms with van der Waals surface area (Å²) < 4.78 is 5.49. The summed E-state index contributed by atoms with van der Waals surface area (Å²) in [6.45, 7) is 3.22. The molecule has 1 unspecified atom stereocenters. The van der Waals surface area contributed by atoms with Gasteiger partial charge in [-0.25, -0.2) is 0 Å². The van der Waals surface area contributed by atoms with Crippen molar-refractivity contribution in [1.29, 1.82) is 0 Å². The van der Waals surface area contributed by atoms with E-state index < -0.39 is 0 Å². The van der Waals surface area contributed by atoms with Crippen molar-refractivity contribution in [2.75, 3.05) is 25.1 Å². The zero-order valence-corrected chi connectivity index (χ0v) is 10.5. The minimum Gasteiger partial charge on any atom is -0.462 e. The lowest BCUT2D eigenvalue weighted by Gasteiger charge is -2.13. The average Bonchev–Trinajstić information content (AvgIpc) is 2.89. The molecule has 3 nitrogen and oxygen atoms in total. The number of aliphatic hydroxyl groups excluding tert-OH is 1. The van der Waals surface area contributed by atoms with Gasteiger partial charge in [-0.15, -0.1) is 0 Å². The zero-order chi connectivity index (χ0) is 11.4. The number of rotatable bonds is 5. The second-order valence-corrected chi connectivity index (χ2v) is 5.28. The number of likely N-dealkylation sites (tertiary alicyclic amines) is 1. The van der Waals surface area contributed by atoms with E-state index in [1.54, 1.807) is 0 Å². The molecule has 0 aromatic carbocycles. The Balaban J connectivity index is 1.82. The molecule has 0 spiro atoms. The Morgan fingerprint density at radius 3 is 3.00 bits per heavy atom. The van der Waals surface area contributed by atoms with Gasteiger partial charge in [-0.2, -0.15) is 11.8 Å². The first-order chi connectivity index (χ1) is 7.81. The number of furan rings is 1. The Morgan fingerprint density at radius 2 is 2.31 bits per heavy atom. The highest BCUT2D eigenvalue weighted by molar-refractivity contribution is 7.98. The molecule has 0 saturated carbocycles. The summed E-state index contributed by atoms with van der Waals surface area (Å²) in [5.41, 5.74) is 0. The molecule has 2 heterocycles. The molecule has 0 radical (unpaired) electrons. The normalized spacial score (nSPS) is 21.8. The van der Waals surface area contributed by atoms with Gasteiger partial charge in [-0.05, 0) is 43.0 Å². The van der Waals surface area contributed by atoms with Gasteiger partial charge in [0.2, 0.25) is 0 Å². The molecule has 0 bridgehead atoms. The summed E-state index contributed by atoms with van der Waals surface area (Å²) in [4.78, 5) is 2.43. The Bertz CT molecular complexity index is 327. The number of aliphatic hydroxyl groups is 1. The lowest BCUT2D eigenvalue weighted by molar-refractivity contribution is 0.231. The van der Waals surface area contributed by atoms with E-state index >= 15 is 0 Å². The van der Waals surface area contributed by atoms with Crippen LogP contribution in [0.1, 0.15) is 17.9 Å². The lowest BCUT2D eigenvalue weighted by atomic mass is 10.2. The van der Waals surface area contributed by atoms with Gasteiger partial charge in [0.05, 0.1) is 6.54 Å².